The summed E-state index contributed by atoms with van der Waals surface area (Å²) in [5.41, 5.74) is 1.68. The van der Waals surface area contributed by atoms with Crippen LogP contribution in [-0.2, 0) is 0 Å². The normalized spacial score (nSPS) is 14.5. The second-order valence-electron chi connectivity index (χ2n) is 7.60. The maximum Gasteiger partial charge on any atom is 0.251 e. The summed E-state index contributed by atoms with van der Waals surface area (Å²) >= 11 is 1.72. The molecule has 1 amide bonds. The molecule has 0 spiro atoms. The summed E-state index contributed by atoms with van der Waals surface area (Å²) in [6.07, 6.45) is 0. The molecular weight excluding hydrogens is 424 g/mol. The second kappa shape index (κ2) is 10.7. The number of benzene rings is 2. The van der Waals surface area contributed by atoms with Crippen LogP contribution < -0.4 is 19.7 Å². The topological polar surface area (TPSA) is 66.9 Å². The van der Waals surface area contributed by atoms with E-state index in [0.717, 1.165) is 59.6 Å². The molecule has 7 nitrogen and oxygen atoms in total. The fraction of sp³-hybridized carbons (Fsp3) is 0.417. The van der Waals surface area contributed by atoms with Gasteiger partial charge in [0.05, 0.1) is 23.4 Å². The summed E-state index contributed by atoms with van der Waals surface area (Å²) < 4.78 is 12.2. The van der Waals surface area contributed by atoms with E-state index < -0.39 is 0 Å². The monoisotopic (exact) mass is 454 g/mol. The lowest BCUT2D eigenvalue weighted by molar-refractivity contribution is 0.0947. The highest BCUT2D eigenvalue weighted by atomic mass is 32.1. The van der Waals surface area contributed by atoms with E-state index in [-0.39, 0.29) is 5.91 Å². The van der Waals surface area contributed by atoms with E-state index in [1.54, 1.807) is 23.5 Å². The van der Waals surface area contributed by atoms with E-state index in [1.807, 2.05) is 38.1 Å². The van der Waals surface area contributed by atoms with E-state index in [1.165, 1.54) is 0 Å². The highest BCUT2D eigenvalue weighted by molar-refractivity contribution is 7.22. The van der Waals surface area contributed by atoms with Gasteiger partial charge in [0.25, 0.3) is 5.91 Å². The molecule has 4 rings (SSSR count). The molecule has 1 saturated heterocycles. The van der Waals surface area contributed by atoms with Crippen molar-refractivity contribution in [3.8, 4) is 11.5 Å². The Hall–Kier alpha value is -2.84. The van der Waals surface area contributed by atoms with Crippen LogP contribution in [0.25, 0.3) is 10.2 Å². The van der Waals surface area contributed by atoms with Gasteiger partial charge < -0.3 is 19.7 Å². The smallest absolute Gasteiger partial charge is 0.251 e. The second-order valence-corrected chi connectivity index (χ2v) is 8.61. The van der Waals surface area contributed by atoms with Gasteiger partial charge in [0.1, 0.15) is 11.5 Å². The molecule has 3 aromatic rings. The van der Waals surface area contributed by atoms with Crippen molar-refractivity contribution in [3.05, 3.63) is 48.0 Å². The van der Waals surface area contributed by atoms with E-state index in [9.17, 15) is 4.79 Å². The highest BCUT2D eigenvalue weighted by Crippen LogP contribution is 2.31. The van der Waals surface area contributed by atoms with E-state index >= 15 is 0 Å². The maximum absolute atomic E-state index is 12.3. The molecule has 0 radical (unpaired) electrons. The molecule has 1 aromatic heterocycles. The number of anilines is 1. The van der Waals surface area contributed by atoms with Crippen LogP contribution in [0.5, 0.6) is 11.5 Å². The predicted octanol–water partition coefficient (Wildman–Crippen LogP) is 3.65. The maximum atomic E-state index is 12.3. The molecule has 0 unspecified atom stereocenters. The minimum atomic E-state index is -0.0485. The number of hydrogen-bond donors (Lipinski definition) is 1. The largest absolute Gasteiger partial charge is 0.494 e. The van der Waals surface area contributed by atoms with Crippen LogP contribution in [0.4, 0.5) is 5.13 Å². The Morgan fingerprint density at radius 3 is 2.41 bits per heavy atom. The number of nitrogens with one attached hydrogen (secondary N) is 1. The zero-order valence-electron chi connectivity index (χ0n) is 18.7. The number of rotatable bonds is 9. The van der Waals surface area contributed by atoms with Crippen LogP contribution in [0.1, 0.15) is 24.2 Å². The third-order valence-corrected chi connectivity index (χ3v) is 6.52. The molecule has 1 aliphatic rings. The molecule has 32 heavy (non-hydrogen) atoms. The zero-order valence-corrected chi connectivity index (χ0v) is 19.5. The summed E-state index contributed by atoms with van der Waals surface area (Å²) in [5, 5.41) is 4.08. The Morgan fingerprint density at radius 2 is 1.69 bits per heavy atom. The first kappa shape index (κ1) is 22.4. The Balaban J connectivity index is 1.22. The molecule has 1 fully saturated rings. The summed E-state index contributed by atoms with van der Waals surface area (Å²) in [6.45, 7) is 10.5. The fourth-order valence-corrected chi connectivity index (χ4v) is 4.79. The Kier molecular flexibility index (Phi) is 7.44. The van der Waals surface area contributed by atoms with E-state index in [4.69, 9.17) is 14.5 Å². The van der Waals surface area contributed by atoms with Crippen LogP contribution >= 0.6 is 11.3 Å². The summed E-state index contributed by atoms with van der Waals surface area (Å²) in [4.78, 5) is 21.9. The summed E-state index contributed by atoms with van der Waals surface area (Å²) in [6, 6.07) is 13.3. The predicted molar refractivity (Wildman–Crippen MR) is 129 cm³/mol. The number of piperazine rings is 1. The van der Waals surface area contributed by atoms with Gasteiger partial charge in [0.2, 0.25) is 0 Å². The number of nitrogens with zero attached hydrogens (tertiary/aromatic N) is 3. The van der Waals surface area contributed by atoms with Crippen LogP contribution in [0.3, 0.4) is 0 Å². The van der Waals surface area contributed by atoms with Gasteiger partial charge in [0.15, 0.2) is 5.13 Å². The molecule has 0 saturated carbocycles. The van der Waals surface area contributed by atoms with Crippen LogP contribution in [-0.4, -0.2) is 68.3 Å². The third-order valence-electron chi connectivity index (χ3n) is 5.44. The Bertz CT molecular complexity index is 1030. The number of amides is 1. The van der Waals surface area contributed by atoms with Crippen molar-refractivity contribution in [1.82, 2.24) is 15.2 Å². The first-order chi connectivity index (χ1) is 15.7. The van der Waals surface area contributed by atoms with Gasteiger partial charge in [-0.25, -0.2) is 4.98 Å². The molecule has 1 aliphatic heterocycles. The summed E-state index contributed by atoms with van der Waals surface area (Å²) in [7, 11) is 0. The molecule has 8 heteroatoms. The average molecular weight is 455 g/mol. The minimum Gasteiger partial charge on any atom is -0.494 e. The Morgan fingerprint density at radius 1 is 1.00 bits per heavy atom. The van der Waals surface area contributed by atoms with Gasteiger partial charge in [-0.3, -0.25) is 9.69 Å². The first-order valence-electron chi connectivity index (χ1n) is 11.2. The first-order valence-corrected chi connectivity index (χ1v) is 12.0. The van der Waals surface area contributed by atoms with Crippen LogP contribution in [0.2, 0.25) is 0 Å². The number of carbonyl (C=O) groups excluding carboxylic acids is 1. The van der Waals surface area contributed by atoms with Crippen molar-refractivity contribution in [2.75, 3.05) is 57.4 Å². The number of fused-ring (bicyclic) bond motifs is 1. The van der Waals surface area contributed by atoms with Crippen molar-refractivity contribution < 1.29 is 14.3 Å². The molecule has 0 aliphatic carbocycles. The van der Waals surface area contributed by atoms with Gasteiger partial charge in [-0.05, 0) is 56.3 Å². The highest BCUT2D eigenvalue weighted by Gasteiger charge is 2.20. The number of aromatic nitrogens is 1. The lowest BCUT2D eigenvalue weighted by Gasteiger charge is -2.34. The van der Waals surface area contributed by atoms with Gasteiger partial charge in [-0.15, -0.1) is 0 Å². The van der Waals surface area contributed by atoms with Crippen molar-refractivity contribution in [2.24, 2.45) is 0 Å². The average Bonchev–Trinajstić information content (AvgIpc) is 3.24. The van der Waals surface area contributed by atoms with Crippen LogP contribution in [0.15, 0.2) is 42.5 Å². The van der Waals surface area contributed by atoms with Gasteiger partial charge in [-0.2, -0.15) is 0 Å². The molecule has 0 atom stereocenters. The fourth-order valence-electron chi connectivity index (χ4n) is 3.75. The van der Waals surface area contributed by atoms with Crippen molar-refractivity contribution in [3.63, 3.8) is 0 Å². The number of ether oxygens (including phenoxy) is 2. The van der Waals surface area contributed by atoms with Gasteiger partial charge in [0, 0.05) is 44.8 Å². The number of thiazole rings is 1. The Labute approximate surface area is 192 Å². The quantitative estimate of drug-likeness (QED) is 0.532. The van der Waals surface area contributed by atoms with E-state index in [0.29, 0.717) is 25.3 Å². The number of carbonyl (C=O) groups is 1. The van der Waals surface area contributed by atoms with Crippen molar-refractivity contribution >= 4 is 32.6 Å². The molecule has 2 heterocycles. The standard InChI is InChI=1S/C24H30N4O3S/c1-3-30-19-7-5-18(6-8-19)23(29)25-11-12-27-13-15-28(16-14-27)24-26-21-10-9-20(31-4-2)17-22(21)32-24/h5-10,17H,3-4,11-16H2,1-2H3,(H,25,29). The lowest BCUT2D eigenvalue weighted by atomic mass is 10.2. The SMILES string of the molecule is CCOc1ccc(C(=O)NCCN2CCN(c3nc4ccc(OCC)cc4s3)CC2)cc1. The van der Waals surface area contributed by atoms with E-state index in [2.05, 4.69) is 21.2 Å². The molecule has 0 bridgehead atoms. The molecular formula is C24H30N4O3S. The molecule has 2 aromatic carbocycles. The molecule has 1 N–H and O–H groups in total. The van der Waals surface area contributed by atoms with Crippen LogP contribution in [0, 0.1) is 0 Å². The van der Waals surface area contributed by atoms with Gasteiger partial charge in [-0.1, -0.05) is 11.3 Å². The number of hydrogen-bond acceptors (Lipinski definition) is 7. The van der Waals surface area contributed by atoms with Gasteiger partial charge >= 0.3 is 0 Å². The third kappa shape index (κ3) is 5.49. The molecule has 170 valence electrons. The lowest BCUT2D eigenvalue weighted by Crippen LogP contribution is -2.48. The summed E-state index contributed by atoms with van der Waals surface area (Å²) in [5.74, 6) is 1.63. The van der Waals surface area contributed by atoms with Crippen molar-refractivity contribution in [1.29, 1.82) is 0 Å². The minimum absolute atomic E-state index is 0.0485. The van der Waals surface area contributed by atoms with Crippen molar-refractivity contribution in [2.45, 2.75) is 13.8 Å². The zero-order chi connectivity index (χ0) is 22.3.